The van der Waals surface area contributed by atoms with Gasteiger partial charge in [0.15, 0.2) is 11.6 Å². The van der Waals surface area contributed by atoms with E-state index in [1.165, 1.54) is 5.56 Å². The SMILES string of the molecule is CC1(C)O[C@H]2[C@H]([C@H]3COC(C)(C)O3)N(Cc3ccccc3)C[C@H]2O1. The van der Waals surface area contributed by atoms with Gasteiger partial charge >= 0.3 is 0 Å². The number of ether oxygens (including phenoxy) is 4. The first-order chi connectivity index (χ1) is 11.3. The van der Waals surface area contributed by atoms with Crippen LogP contribution >= 0.6 is 0 Å². The number of benzene rings is 1. The smallest absolute Gasteiger partial charge is 0.163 e. The lowest BCUT2D eigenvalue weighted by atomic mass is 10.0. The predicted octanol–water partition coefficient (Wildman–Crippen LogP) is 2.54. The zero-order chi connectivity index (χ0) is 16.9. The van der Waals surface area contributed by atoms with Crippen molar-refractivity contribution in [2.45, 2.75) is 70.2 Å². The molecule has 24 heavy (non-hydrogen) atoms. The minimum absolute atomic E-state index is 0.00351. The van der Waals surface area contributed by atoms with Crippen molar-refractivity contribution in [2.24, 2.45) is 0 Å². The summed E-state index contributed by atoms with van der Waals surface area (Å²) >= 11 is 0. The molecule has 0 radical (unpaired) electrons. The number of nitrogens with zero attached hydrogens (tertiary/aromatic N) is 1. The summed E-state index contributed by atoms with van der Waals surface area (Å²) in [5.74, 6) is -1.06. The molecule has 0 amide bonds. The molecule has 0 aromatic heterocycles. The first-order valence-electron chi connectivity index (χ1n) is 8.78. The lowest BCUT2D eigenvalue weighted by Crippen LogP contribution is -2.47. The Bertz CT molecular complexity index is 588. The molecule has 3 fully saturated rings. The first-order valence-corrected chi connectivity index (χ1v) is 8.78. The van der Waals surface area contributed by atoms with Crippen LogP contribution < -0.4 is 0 Å². The van der Waals surface area contributed by atoms with Gasteiger partial charge in [-0.25, -0.2) is 0 Å². The molecule has 3 saturated heterocycles. The molecule has 4 atom stereocenters. The van der Waals surface area contributed by atoms with Gasteiger partial charge in [-0.3, -0.25) is 4.90 Å². The number of hydrogen-bond acceptors (Lipinski definition) is 5. The molecule has 0 saturated carbocycles. The number of rotatable bonds is 3. The van der Waals surface area contributed by atoms with Crippen molar-refractivity contribution >= 4 is 0 Å². The minimum atomic E-state index is -0.532. The number of hydrogen-bond donors (Lipinski definition) is 0. The topological polar surface area (TPSA) is 40.2 Å². The van der Waals surface area contributed by atoms with Crippen LogP contribution in [0.5, 0.6) is 0 Å². The van der Waals surface area contributed by atoms with Gasteiger partial charge in [-0.15, -0.1) is 0 Å². The monoisotopic (exact) mass is 333 g/mol. The third kappa shape index (κ3) is 3.11. The van der Waals surface area contributed by atoms with E-state index in [9.17, 15) is 0 Å². The van der Waals surface area contributed by atoms with Gasteiger partial charge in [-0.05, 0) is 33.3 Å². The highest BCUT2D eigenvalue weighted by atomic mass is 16.8. The maximum Gasteiger partial charge on any atom is 0.163 e. The standard InChI is InChI=1S/C19H27NO4/c1-18(2)21-12-15(23-18)16-17-14(22-19(3,4)24-17)11-20(16)10-13-8-6-5-7-9-13/h5-9,14-17H,10-12H2,1-4H3/t14-,15-,16+,17-/m1/s1. The largest absolute Gasteiger partial charge is 0.348 e. The van der Waals surface area contributed by atoms with Crippen LogP contribution in [0.4, 0.5) is 0 Å². The maximum absolute atomic E-state index is 6.23. The second-order valence-electron chi connectivity index (χ2n) is 7.91. The Kier molecular flexibility index (Phi) is 3.97. The molecule has 0 unspecified atom stereocenters. The highest BCUT2D eigenvalue weighted by molar-refractivity contribution is 5.16. The Balaban J connectivity index is 1.57. The molecule has 0 bridgehead atoms. The van der Waals surface area contributed by atoms with Gasteiger partial charge in [0.1, 0.15) is 18.3 Å². The number of likely N-dealkylation sites (tertiary alicyclic amines) is 1. The summed E-state index contributed by atoms with van der Waals surface area (Å²) in [6.45, 7) is 10.2. The van der Waals surface area contributed by atoms with Crippen LogP contribution in [-0.4, -0.2) is 54.0 Å². The Morgan fingerprint density at radius 2 is 1.67 bits per heavy atom. The summed E-state index contributed by atoms with van der Waals surface area (Å²) in [4.78, 5) is 2.43. The Morgan fingerprint density at radius 3 is 2.33 bits per heavy atom. The maximum atomic E-state index is 6.23. The van der Waals surface area contributed by atoms with Crippen LogP contribution in [0.2, 0.25) is 0 Å². The van der Waals surface area contributed by atoms with Crippen LogP contribution in [0.15, 0.2) is 30.3 Å². The number of fused-ring (bicyclic) bond motifs is 1. The van der Waals surface area contributed by atoms with Gasteiger partial charge in [0.05, 0.1) is 12.6 Å². The summed E-state index contributed by atoms with van der Waals surface area (Å²) in [5.41, 5.74) is 1.29. The molecule has 3 heterocycles. The van der Waals surface area contributed by atoms with E-state index >= 15 is 0 Å². The Labute approximate surface area is 143 Å². The van der Waals surface area contributed by atoms with E-state index < -0.39 is 11.6 Å². The predicted molar refractivity (Wildman–Crippen MR) is 89.4 cm³/mol. The van der Waals surface area contributed by atoms with E-state index in [-0.39, 0.29) is 24.4 Å². The summed E-state index contributed by atoms with van der Waals surface area (Å²) in [6, 6.07) is 10.7. The minimum Gasteiger partial charge on any atom is -0.348 e. The fraction of sp³-hybridized carbons (Fsp3) is 0.684. The molecule has 3 aliphatic rings. The van der Waals surface area contributed by atoms with Crippen molar-refractivity contribution in [1.82, 2.24) is 4.90 Å². The van der Waals surface area contributed by atoms with Crippen LogP contribution in [0.25, 0.3) is 0 Å². The van der Waals surface area contributed by atoms with Crippen molar-refractivity contribution in [3.63, 3.8) is 0 Å². The molecular formula is C19H27NO4. The molecule has 1 aromatic rings. The fourth-order valence-electron chi connectivity index (χ4n) is 4.17. The van der Waals surface area contributed by atoms with Gasteiger partial charge in [0.2, 0.25) is 0 Å². The molecule has 5 nitrogen and oxygen atoms in total. The zero-order valence-corrected chi connectivity index (χ0v) is 14.9. The zero-order valence-electron chi connectivity index (χ0n) is 14.9. The van der Waals surface area contributed by atoms with Gasteiger partial charge in [0.25, 0.3) is 0 Å². The van der Waals surface area contributed by atoms with Crippen molar-refractivity contribution < 1.29 is 18.9 Å². The lowest BCUT2D eigenvalue weighted by molar-refractivity contribution is -0.177. The fourth-order valence-corrected chi connectivity index (χ4v) is 4.17. The van der Waals surface area contributed by atoms with Gasteiger partial charge in [0, 0.05) is 13.1 Å². The van der Waals surface area contributed by atoms with E-state index in [1.54, 1.807) is 0 Å². The van der Waals surface area contributed by atoms with Crippen molar-refractivity contribution in [2.75, 3.05) is 13.2 Å². The van der Waals surface area contributed by atoms with E-state index in [4.69, 9.17) is 18.9 Å². The van der Waals surface area contributed by atoms with E-state index in [0.29, 0.717) is 6.61 Å². The quantitative estimate of drug-likeness (QED) is 0.850. The van der Waals surface area contributed by atoms with Crippen LogP contribution in [-0.2, 0) is 25.5 Å². The van der Waals surface area contributed by atoms with Crippen LogP contribution in [0.3, 0.4) is 0 Å². The highest BCUT2D eigenvalue weighted by Crippen LogP contribution is 2.41. The molecule has 0 N–H and O–H groups in total. The van der Waals surface area contributed by atoms with Crippen LogP contribution in [0.1, 0.15) is 33.3 Å². The highest BCUT2D eigenvalue weighted by Gasteiger charge is 2.56. The molecule has 0 spiro atoms. The average Bonchev–Trinajstić information content (AvgIpc) is 3.09. The van der Waals surface area contributed by atoms with Gasteiger partial charge in [-0.2, -0.15) is 0 Å². The van der Waals surface area contributed by atoms with Crippen molar-refractivity contribution in [1.29, 1.82) is 0 Å². The van der Waals surface area contributed by atoms with E-state index in [1.807, 2.05) is 33.8 Å². The Morgan fingerprint density at radius 1 is 0.958 bits per heavy atom. The van der Waals surface area contributed by atoms with Crippen LogP contribution in [0, 0.1) is 0 Å². The summed E-state index contributed by atoms with van der Waals surface area (Å²) in [5, 5.41) is 0. The Hall–Kier alpha value is -0.980. The molecule has 4 rings (SSSR count). The molecule has 1 aromatic carbocycles. The van der Waals surface area contributed by atoms with E-state index in [2.05, 4.69) is 29.2 Å². The average molecular weight is 333 g/mol. The molecule has 3 aliphatic heterocycles. The van der Waals surface area contributed by atoms with Gasteiger partial charge in [-0.1, -0.05) is 30.3 Å². The summed E-state index contributed by atoms with van der Waals surface area (Å²) < 4.78 is 24.4. The third-order valence-corrected chi connectivity index (χ3v) is 5.03. The second kappa shape index (κ2) is 5.78. The molecule has 0 aliphatic carbocycles. The first kappa shape index (κ1) is 16.5. The third-order valence-electron chi connectivity index (χ3n) is 5.03. The normalized spacial score (nSPS) is 37.7. The van der Waals surface area contributed by atoms with Gasteiger partial charge < -0.3 is 18.9 Å². The summed E-state index contributed by atoms with van der Waals surface area (Å²) in [6.07, 6.45) is 0.100. The summed E-state index contributed by atoms with van der Waals surface area (Å²) in [7, 11) is 0. The van der Waals surface area contributed by atoms with Crippen molar-refractivity contribution in [3.05, 3.63) is 35.9 Å². The lowest BCUT2D eigenvalue weighted by Gasteiger charge is -2.33. The molecular weight excluding hydrogens is 306 g/mol. The molecule has 132 valence electrons. The second-order valence-corrected chi connectivity index (χ2v) is 7.91. The molecule has 5 heteroatoms. The van der Waals surface area contributed by atoms with Crippen molar-refractivity contribution in [3.8, 4) is 0 Å². The van der Waals surface area contributed by atoms with E-state index in [0.717, 1.165) is 13.1 Å².